The zero-order valence-corrected chi connectivity index (χ0v) is 11.0. The Labute approximate surface area is 118 Å². The summed E-state index contributed by atoms with van der Waals surface area (Å²) in [7, 11) is 0. The molecule has 0 saturated heterocycles. The van der Waals surface area contributed by atoms with Crippen molar-refractivity contribution in [2.24, 2.45) is 0 Å². The van der Waals surface area contributed by atoms with Crippen LogP contribution in [0.5, 0.6) is 0 Å². The molecule has 0 unspecified atom stereocenters. The van der Waals surface area contributed by atoms with Gasteiger partial charge in [-0.25, -0.2) is 0 Å². The predicted molar refractivity (Wildman–Crippen MR) is 72.9 cm³/mol. The number of rotatable bonds is 2. The lowest BCUT2D eigenvalue weighted by Gasteiger charge is -2.05. The zero-order valence-electron chi connectivity index (χ0n) is 9.51. The van der Waals surface area contributed by atoms with Crippen LogP contribution in [0.3, 0.4) is 0 Å². The van der Waals surface area contributed by atoms with Gasteiger partial charge in [0.05, 0.1) is 0 Å². The first-order chi connectivity index (χ1) is 9.24. The molecule has 2 heterocycles. The zero-order chi connectivity index (χ0) is 13.2. The van der Waals surface area contributed by atoms with E-state index in [0.717, 1.165) is 16.7 Å². The van der Waals surface area contributed by atoms with Gasteiger partial charge in [-0.1, -0.05) is 23.2 Å². The van der Waals surface area contributed by atoms with Gasteiger partial charge in [0.25, 0.3) is 0 Å². The number of hydrogen-bond donors (Lipinski definition) is 1. The molecule has 0 atom stereocenters. The van der Waals surface area contributed by atoms with Crippen LogP contribution in [0, 0.1) is 0 Å². The summed E-state index contributed by atoms with van der Waals surface area (Å²) in [5.74, 6) is 0.479. The van der Waals surface area contributed by atoms with Crippen LogP contribution in [-0.4, -0.2) is 25.6 Å². The number of halogens is 2. The summed E-state index contributed by atoms with van der Waals surface area (Å²) in [5, 5.41) is 15.0. The average molecular weight is 292 g/mol. The maximum atomic E-state index is 6.17. The molecule has 0 fully saturated rings. The molecule has 94 valence electrons. The van der Waals surface area contributed by atoms with Crippen LogP contribution in [0.4, 0.5) is 0 Å². The third kappa shape index (κ3) is 2.43. The highest BCUT2D eigenvalue weighted by Crippen LogP contribution is 2.31. The number of nitrogens with one attached hydrogen (secondary N) is 1. The lowest BCUT2D eigenvalue weighted by atomic mass is 10.1. The number of nitrogens with zero attached hydrogens (tertiary/aromatic N) is 4. The van der Waals surface area contributed by atoms with Crippen LogP contribution in [0.15, 0.2) is 36.7 Å². The first-order valence-electron chi connectivity index (χ1n) is 5.38. The van der Waals surface area contributed by atoms with Crippen LogP contribution in [-0.2, 0) is 0 Å². The van der Waals surface area contributed by atoms with Crippen molar-refractivity contribution in [2.75, 3.05) is 0 Å². The fourth-order valence-electron chi connectivity index (χ4n) is 1.71. The summed E-state index contributed by atoms with van der Waals surface area (Å²) in [6, 6.07) is 7.17. The van der Waals surface area contributed by atoms with Crippen molar-refractivity contribution in [3.8, 4) is 22.5 Å². The fraction of sp³-hybridized carbons (Fsp3) is 0. The standard InChI is InChI=1S/C12H7Cl2N5/c13-9-1-2-11(14)10(4-9)7-3-8(6-15-5-7)12-16-18-19-17-12/h1-6H,(H,16,17,18,19). The summed E-state index contributed by atoms with van der Waals surface area (Å²) < 4.78 is 0. The largest absolute Gasteiger partial charge is 0.263 e. The molecular weight excluding hydrogens is 285 g/mol. The van der Waals surface area contributed by atoms with Crippen LogP contribution < -0.4 is 0 Å². The quantitative estimate of drug-likeness (QED) is 0.787. The molecule has 0 amide bonds. The molecule has 0 radical (unpaired) electrons. The topological polar surface area (TPSA) is 67.3 Å². The summed E-state index contributed by atoms with van der Waals surface area (Å²) >= 11 is 12.2. The summed E-state index contributed by atoms with van der Waals surface area (Å²) in [6.07, 6.45) is 3.37. The van der Waals surface area contributed by atoms with Gasteiger partial charge in [-0.05, 0) is 29.5 Å². The molecule has 3 aromatic rings. The SMILES string of the molecule is Clc1ccc(Cl)c(-c2cncc(-c3nn[nH]n3)c2)c1. The van der Waals surface area contributed by atoms with E-state index >= 15 is 0 Å². The van der Waals surface area contributed by atoms with Crippen LogP contribution >= 0.6 is 23.2 Å². The molecule has 2 aromatic heterocycles. The van der Waals surface area contributed by atoms with Crippen molar-refractivity contribution in [2.45, 2.75) is 0 Å². The van der Waals surface area contributed by atoms with Crippen LogP contribution in [0.1, 0.15) is 0 Å². The van der Waals surface area contributed by atoms with Gasteiger partial charge < -0.3 is 0 Å². The Hall–Kier alpha value is -1.98. The van der Waals surface area contributed by atoms with Crippen molar-refractivity contribution in [1.82, 2.24) is 25.6 Å². The van der Waals surface area contributed by atoms with E-state index in [1.807, 2.05) is 6.07 Å². The molecule has 7 heteroatoms. The lowest BCUT2D eigenvalue weighted by Crippen LogP contribution is -1.87. The molecule has 0 aliphatic rings. The van der Waals surface area contributed by atoms with Crippen molar-refractivity contribution in [3.05, 3.63) is 46.7 Å². The minimum Gasteiger partial charge on any atom is -0.263 e. The highest BCUT2D eigenvalue weighted by atomic mass is 35.5. The summed E-state index contributed by atoms with van der Waals surface area (Å²) in [4.78, 5) is 4.16. The van der Waals surface area contributed by atoms with Gasteiger partial charge in [0, 0.05) is 39.1 Å². The van der Waals surface area contributed by atoms with Gasteiger partial charge in [0.15, 0.2) is 0 Å². The van der Waals surface area contributed by atoms with Crippen molar-refractivity contribution < 1.29 is 0 Å². The molecule has 1 N–H and O–H groups in total. The highest BCUT2D eigenvalue weighted by Gasteiger charge is 2.09. The average Bonchev–Trinajstić information content (AvgIpc) is 2.96. The molecule has 0 aliphatic carbocycles. The first-order valence-corrected chi connectivity index (χ1v) is 6.14. The molecular formula is C12H7Cl2N5. The monoisotopic (exact) mass is 291 g/mol. The maximum Gasteiger partial charge on any atom is 0.206 e. The van der Waals surface area contributed by atoms with Gasteiger partial charge in [-0.3, -0.25) is 4.98 Å². The smallest absolute Gasteiger partial charge is 0.206 e. The van der Waals surface area contributed by atoms with E-state index in [1.165, 1.54) is 0 Å². The molecule has 0 spiro atoms. The van der Waals surface area contributed by atoms with E-state index < -0.39 is 0 Å². The van der Waals surface area contributed by atoms with E-state index in [0.29, 0.717) is 15.9 Å². The number of aromatic amines is 1. The number of H-pyrrole nitrogens is 1. The number of tetrazole rings is 1. The predicted octanol–water partition coefficient (Wildman–Crippen LogP) is 3.24. The third-order valence-electron chi connectivity index (χ3n) is 2.58. The Morgan fingerprint density at radius 3 is 2.63 bits per heavy atom. The number of benzene rings is 1. The van der Waals surface area contributed by atoms with Crippen LogP contribution in [0.25, 0.3) is 22.5 Å². The van der Waals surface area contributed by atoms with Gasteiger partial charge in [-0.15, -0.1) is 10.2 Å². The van der Waals surface area contributed by atoms with E-state index in [2.05, 4.69) is 25.6 Å². The van der Waals surface area contributed by atoms with E-state index in [-0.39, 0.29) is 0 Å². The molecule has 0 bridgehead atoms. The number of pyridine rings is 1. The normalized spacial score (nSPS) is 10.6. The Kier molecular flexibility index (Phi) is 3.15. The van der Waals surface area contributed by atoms with Crippen molar-refractivity contribution in [1.29, 1.82) is 0 Å². The molecule has 0 saturated carbocycles. The second kappa shape index (κ2) is 4.95. The Bertz CT molecular complexity index is 712. The van der Waals surface area contributed by atoms with Crippen molar-refractivity contribution in [3.63, 3.8) is 0 Å². The first kappa shape index (κ1) is 12.1. The lowest BCUT2D eigenvalue weighted by molar-refractivity contribution is 0.881. The van der Waals surface area contributed by atoms with Crippen molar-refractivity contribution >= 4 is 23.2 Å². The number of aromatic nitrogens is 5. The van der Waals surface area contributed by atoms with E-state index in [9.17, 15) is 0 Å². The highest BCUT2D eigenvalue weighted by molar-refractivity contribution is 6.35. The molecule has 1 aromatic carbocycles. The molecule has 3 rings (SSSR count). The summed E-state index contributed by atoms with van der Waals surface area (Å²) in [6.45, 7) is 0. The van der Waals surface area contributed by atoms with Crippen LogP contribution in [0.2, 0.25) is 10.0 Å². The van der Waals surface area contributed by atoms with E-state index in [4.69, 9.17) is 23.2 Å². The summed E-state index contributed by atoms with van der Waals surface area (Å²) in [5.41, 5.74) is 2.41. The van der Waals surface area contributed by atoms with Gasteiger partial charge >= 0.3 is 0 Å². The Morgan fingerprint density at radius 1 is 1.00 bits per heavy atom. The van der Waals surface area contributed by atoms with E-state index in [1.54, 1.807) is 30.6 Å². The second-order valence-corrected chi connectivity index (χ2v) is 4.67. The number of hydrogen-bond acceptors (Lipinski definition) is 4. The van der Waals surface area contributed by atoms with Gasteiger partial charge in [0.1, 0.15) is 0 Å². The fourth-order valence-corrected chi connectivity index (χ4v) is 2.11. The molecule has 5 nitrogen and oxygen atoms in total. The minimum absolute atomic E-state index is 0.479. The third-order valence-corrected chi connectivity index (χ3v) is 3.15. The van der Waals surface area contributed by atoms with Gasteiger partial charge in [0.2, 0.25) is 5.82 Å². The molecule has 0 aliphatic heterocycles. The van der Waals surface area contributed by atoms with Gasteiger partial charge in [-0.2, -0.15) is 5.21 Å². The Balaban J connectivity index is 2.11. The molecule has 19 heavy (non-hydrogen) atoms. The maximum absolute atomic E-state index is 6.17. The second-order valence-electron chi connectivity index (χ2n) is 3.82. The minimum atomic E-state index is 0.479. The Morgan fingerprint density at radius 2 is 1.84 bits per heavy atom.